The standard InChI is InChI=1S/C14H21N3O4/c1-10(2)9-21-7-6-16-14(18)12-8-11(15-3)4-5-13(12)17(19)20/h4-5,8,10,15H,6-7,9H2,1-3H3,(H,16,18). The van der Waals surface area contributed by atoms with Crippen molar-refractivity contribution in [1.82, 2.24) is 5.32 Å². The second-order valence-corrected chi connectivity index (χ2v) is 4.96. The summed E-state index contributed by atoms with van der Waals surface area (Å²) in [6.07, 6.45) is 0. The number of nitro groups is 1. The third kappa shape index (κ3) is 5.39. The molecule has 0 saturated heterocycles. The number of nitrogens with zero attached hydrogens (tertiary/aromatic N) is 1. The maximum Gasteiger partial charge on any atom is 0.282 e. The minimum atomic E-state index is -0.566. The molecule has 7 heteroatoms. The predicted octanol–water partition coefficient (Wildman–Crippen LogP) is 2.04. The quantitative estimate of drug-likeness (QED) is 0.435. The normalized spacial score (nSPS) is 10.5. The van der Waals surface area contributed by atoms with Crippen LogP contribution >= 0.6 is 0 Å². The molecule has 1 rings (SSSR count). The van der Waals surface area contributed by atoms with Crippen LogP contribution in [0.1, 0.15) is 24.2 Å². The average Bonchev–Trinajstić information content (AvgIpc) is 2.45. The number of amides is 1. The average molecular weight is 295 g/mol. The van der Waals surface area contributed by atoms with Gasteiger partial charge in [-0.25, -0.2) is 0 Å². The van der Waals surface area contributed by atoms with Crippen molar-refractivity contribution in [3.8, 4) is 0 Å². The number of carbonyl (C=O) groups excluding carboxylic acids is 1. The monoisotopic (exact) mass is 295 g/mol. The van der Waals surface area contributed by atoms with Crippen molar-refractivity contribution in [3.05, 3.63) is 33.9 Å². The van der Waals surface area contributed by atoms with Crippen LogP contribution in [0.25, 0.3) is 0 Å². The Bertz CT molecular complexity index is 503. The summed E-state index contributed by atoms with van der Waals surface area (Å²) >= 11 is 0. The van der Waals surface area contributed by atoms with E-state index in [0.29, 0.717) is 31.4 Å². The molecule has 0 unspecified atom stereocenters. The first-order valence-electron chi connectivity index (χ1n) is 6.77. The highest BCUT2D eigenvalue weighted by molar-refractivity contribution is 5.99. The molecule has 2 N–H and O–H groups in total. The fourth-order valence-corrected chi connectivity index (χ4v) is 1.68. The molecule has 0 aliphatic carbocycles. The van der Waals surface area contributed by atoms with Crippen LogP contribution in [0.2, 0.25) is 0 Å². The van der Waals surface area contributed by atoms with E-state index >= 15 is 0 Å². The molecule has 0 fully saturated rings. The summed E-state index contributed by atoms with van der Waals surface area (Å²) in [5.74, 6) is -0.0546. The number of rotatable bonds is 8. The number of ether oxygens (including phenoxy) is 1. The van der Waals surface area contributed by atoms with Gasteiger partial charge in [0.05, 0.1) is 11.5 Å². The molecule has 0 aliphatic rings. The second-order valence-electron chi connectivity index (χ2n) is 4.96. The molecular formula is C14H21N3O4. The van der Waals surface area contributed by atoms with Crippen LogP contribution in [0.5, 0.6) is 0 Å². The third-order valence-corrected chi connectivity index (χ3v) is 2.71. The van der Waals surface area contributed by atoms with Crippen molar-refractivity contribution in [3.63, 3.8) is 0 Å². The van der Waals surface area contributed by atoms with Gasteiger partial charge in [-0.3, -0.25) is 14.9 Å². The van der Waals surface area contributed by atoms with E-state index in [0.717, 1.165) is 0 Å². The van der Waals surface area contributed by atoms with Gasteiger partial charge >= 0.3 is 0 Å². The second kappa shape index (κ2) is 8.21. The van der Waals surface area contributed by atoms with E-state index in [1.165, 1.54) is 12.1 Å². The summed E-state index contributed by atoms with van der Waals surface area (Å²) in [7, 11) is 1.68. The van der Waals surface area contributed by atoms with Crippen LogP contribution < -0.4 is 10.6 Å². The number of hydrogen-bond donors (Lipinski definition) is 2. The molecule has 0 saturated carbocycles. The van der Waals surface area contributed by atoms with Gasteiger partial charge in [-0.1, -0.05) is 13.8 Å². The fraction of sp³-hybridized carbons (Fsp3) is 0.500. The largest absolute Gasteiger partial charge is 0.388 e. The zero-order valence-corrected chi connectivity index (χ0v) is 12.5. The Morgan fingerprint density at radius 1 is 1.43 bits per heavy atom. The lowest BCUT2D eigenvalue weighted by molar-refractivity contribution is -0.385. The lowest BCUT2D eigenvalue weighted by Gasteiger charge is -2.09. The summed E-state index contributed by atoms with van der Waals surface area (Å²) in [5.41, 5.74) is 0.465. The fourth-order valence-electron chi connectivity index (χ4n) is 1.68. The van der Waals surface area contributed by atoms with Gasteiger partial charge in [-0.2, -0.15) is 0 Å². The van der Waals surface area contributed by atoms with Gasteiger partial charge in [0.1, 0.15) is 5.56 Å². The molecule has 0 radical (unpaired) electrons. The van der Waals surface area contributed by atoms with Crippen LogP contribution in [0.15, 0.2) is 18.2 Å². The number of nitro benzene ring substituents is 1. The van der Waals surface area contributed by atoms with E-state index in [1.54, 1.807) is 13.1 Å². The molecule has 1 amide bonds. The molecule has 7 nitrogen and oxygen atoms in total. The van der Waals surface area contributed by atoms with Crippen molar-refractivity contribution in [2.75, 3.05) is 32.1 Å². The Labute approximate surface area is 123 Å². The van der Waals surface area contributed by atoms with Crippen LogP contribution in [0.3, 0.4) is 0 Å². The Morgan fingerprint density at radius 3 is 2.71 bits per heavy atom. The first kappa shape index (κ1) is 16.9. The highest BCUT2D eigenvalue weighted by Crippen LogP contribution is 2.22. The zero-order valence-electron chi connectivity index (χ0n) is 12.5. The Balaban J connectivity index is 2.65. The minimum Gasteiger partial charge on any atom is -0.388 e. The maximum atomic E-state index is 12.0. The summed E-state index contributed by atoms with van der Waals surface area (Å²) in [6, 6.07) is 4.33. The van der Waals surface area contributed by atoms with Crippen molar-refractivity contribution in [2.45, 2.75) is 13.8 Å². The number of hydrogen-bond acceptors (Lipinski definition) is 5. The molecule has 21 heavy (non-hydrogen) atoms. The topological polar surface area (TPSA) is 93.5 Å². The first-order valence-corrected chi connectivity index (χ1v) is 6.77. The Kier molecular flexibility index (Phi) is 6.61. The molecule has 1 aromatic rings. The van der Waals surface area contributed by atoms with Crippen molar-refractivity contribution in [2.24, 2.45) is 5.92 Å². The van der Waals surface area contributed by atoms with E-state index in [9.17, 15) is 14.9 Å². The summed E-state index contributed by atoms with van der Waals surface area (Å²) in [4.78, 5) is 22.4. The van der Waals surface area contributed by atoms with Crippen molar-refractivity contribution < 1.29 is 14.5 Å². The van der Waals surface area contributed by atoms with Gasteiger partial charge in [0.2, 0.25) is 0 Å². The molecule has 1 aromatic carbocycles. The smallest absolute Gasteiger partial charge is 0.282 e. The van der Waals surface area contributed by atoms with E-state index in [2.05, 4.69) is 10.6 Å². The van der Waals surface area contributed by atoms with E-state index in [-0.39, 0.29) is 11.3 Å². The van der Waals surface area contributed by atoms with Crippen molar-refractivity contribution in [1.29, 1.82) is 0 Å². The number of nitrogens with one attached hydrogen (secondary N) is 2. The van der Waals surface area contributed by atoms with Crippen LogP contribution in [-0.4, -0.2) is 37.6 Å². The van der Waals surface area contributed by atoms with Crippen LogP contribution in [0.4, 0.5) is 11.4 Å². The Hall–Kier alpha value is -2.15. The molecule has 0 aliphatic heterocycles. The molecule has 0 atom stereocenters. The Morgan fingerprint density at radius 2 is 2.14 bits per heavy atom. The third-order valence-electron chi connectivity index (χ3n) is 2.71. The van der Waals surface area contributed by atoms with Gasteiger partial charge < -0.3 is 15.4 Å². The molecular weight excluding hydrogens is 274 g/mol. The van der Waals surface area contributed by atoms with Gasteiger partial charge in [-0.15, -0.1) is 0 Å². The van der Waals surface area contributed by atoms with E-state index < -0.39 is 10.8 Å². The number of benzene rings is 1. The molecule has 116 valence electrons. The number of anilines is 1. The van der Waals surface area contributed by atoms with Gasteiger partial charge in [0.25, 0.3) is 11.6 Å². The van der Waals surface area contributed by atoms with Crippen LogP contribution in [-0.2, 0) is 4.74 Å². The highest BCUT2D eigenvalue weighted by atomic mass is 16.6. The molecule has 0 heterocycles. The number of carbonyl (C=O) groups is 1. The van der Waals surface area contributed by atoms with Gasteiger partial charge in [0, 0.05) is 32.0 Å². The highest BCUT2D eigenvalue weighted by Gasteiger charge is 2.20. The molecule has 0 aromatic heterocycles. The van der Waals surface area contributed by atoms with Crippen molar-refractivity contribution >= 4 is 17.3 Å². The molecule has 0 spiro atoms. The predicted molar refractivity (Wildman–Crippen MR) is 80.6 cm³/mol. The van der Waals surface area contributed by atoms with Gasteiger partial charge in [0.15, 0.2) is 0 Å². The lowest BCUT2D eigenvalue weighted by Crippen LogP contribution is -2.28. The maximum absolute atomic E-state index is 12.0. The minimum absolute atomic E-state index is 0.0377. The lowest BCUT2D eigenvalue weighted by atomic mass is 10.1. The first-order chi connectivity index (χ1) is 9.95. The van der Waals surface area contributed by atoms with Crippen LogP contribution in [0, 0.1) is 16.0 Å². The van der Waals surface area contributed by atoms with E-state index in [4.69, 9.17) is 4.74 Å². The molecule has 0 bridgehead atoms. The summed E-state index contributed by atoms with van der Waals surface area (Å²) in [6.45, 7) is 5.37. The SMILES string of the molecule is CNc1ccc([N+](=O)[O-])c(C(=O)NCCOCC(C)C)c1. The summed E-state index contributed by atoms with van der Waals surface area (Å²) < 4.78 is 5.34. The van der Waals surface area contributed by atoms with E-state index in [1.807, 2.05) is 13.8 Å². The zero-order chi connectivity index (χ0) is 15.8. The van der Waals surface area contributed by atoms with Gasteiger partial charge in [-0.05, 0) is 18.1 Å². The summed E-state index contributed by atoms with van der Waals surface area (Å²) in [5, 5.41) is 16.4.